The Morgan fingerprint density at radius 3 is 2.79 bits per heavy atom. The molecular weight excluding hydrogens is 402 g/mol. The zero-order valence-corrected chi connectivity index (χ0v) is 16.8. The molecule has 0 unspecified atom stereocenters. The average Bonchev–Trinajstić information content (AvgIpc) is 2.72. The van der Waals surface area contributed by atoms with E-state index < -0.39 is 12.7 Å². The van der Waals surface area contributed by atoms with E-state index in [0.717, 1.165) is 19.4 Å². The Morgan fingerprint density at radius 1 is 1.31 bits per heavy atom. The van der Waals surface area contributed by atoms with Crippen LogP contribution in [0.4, 0.5) is 14.6 Å². The van der Waals surface area contributed by atoms with E-state index in [-0.39, 0.29) is 17.6 Å². The molecule has 1 amide bonds. The third kappa shape index (κ3) is 5.53. The molecule has 2 heterocycles. The lowest BCUT2D eigenvalue weighted by Gasteiger charge is -2.33. The number of carbonyl (C=O) groups is 1. The molecule has 1 fully saturated rings. The molecule has 29 heavy (non-hydrogen) atoms. The molecule has 1 aromatic carbocycles. The van der Waals surface area contributed by atoms with Gasteiger partial charge in [-0.05, 0) is 37.5 Å². The van der Waals surface area contributed by atoms with E-state index in [1.807, 2.05) is 11.8 Å². The molecule has 1 aromatic heterocycles. The second-order valence-electron chi connectivity index (χ2n) is 6.89. The highest BCUT2D eigenvalue weighted by molar-refractivity contribution is 6.29. The van der Waals surface area contributed by atoms with Gasteiger partial charge in [0.15, 0.2) is 11.0 Å². The average molecular weight is 425 g/mol. The molecule has 3 rings (SSSR count). The topological polar surface area (TPSA) is 67.4 Å². The summed E-state index contributed by atoms with van der Waals surface area (Å²) >= 11 is 5.79. The third-order valence-electron chi connectivity index (χ3n) is 4.97. The fourth-order valence-electron chi connectivity index (χ4n) is 3.54. The Morgan fingerprint density at radius 2 is 2.10 bits per heavy atom. The molecule has 1 saturated heterocycles. The molecule has 6 nitrogen and oxygen atoms in total. The highest BCUT2D eigenvalue weighted by Gasteiger charge is 2.29. The van der Waals surface area contributed by atoms with Crippen LogP contribution in [-0.4, -0.2) is 35.8 Å². The Kier molecular flexibility index (Phi) is 7.19. The number of hydrogen-bond acceptors (Lipinski definition) is 5. The maximum absolute atomic E-state index is 12.9. The number of aromatic nitrogens is 2. The molecule has 1 aliphatic rings. The van der Waals surface area contributed by atoms with Gasteiger partial charge in [0.1, 0.15) is 5.75 Å². The second kappa shape index (κ2) is 9.82. The van der Waals surface area contributed by atoms with Crippen molar-refractivity contribution in [3.8, 4) is 5.75 Å². The van der Waals surface area contributed by atoms with Crippen LogP contribution in [0.1, 0.15) is 37.8 Å². The summed E-state index contributed by atoms with van der Waals surface area (Å²) in [4.78, 5) is 14.9. The van der Waals surface area contributed by atoms with Gasteiger partial charge in [0.2, 0.25) is 5.91 Å². The number of benzene rings is 1. The molecule has 0 saturated carbocycles. The Bertz CT molecular complexity index is 822. The fourth-order valence-corrected chi connectivity index (χ4v) is 3.64. The minimum absolute atomic E-state index is 0.0800. The number of para-hydroxylation sites is 1. The van der Waals surface area contributed by atoms with Crippen LogP contribution < -0.4 is 15.0 Å². The van der Waals surface area contributed by atoms with Crippen LogP contribution >= 0.6 is 11.6 Å². The van der Waals surface area contributed by atoms with Crippen molar-refractivity contribution in [2.75, 3.05) is 18.0 Å². The summed E-state index contributed by atoms with van der Waals surface area (Å²) < 4.78 is 30.1. The monoisotopic (exact) mass is 424 g/mol. The Balaban J connectivity index is 1.69. The summed E-state index contributed by atoms with van der Waals surface area (Å²) in [5.41, 5.74) is 0.542. The first-order chi connectivity index (χ1) is 14.0. The van der Waals surface area contributed by atoms with Crippen LogP contribution in [0.2, 0.25) is 5.15 Å². The summed E-state index contributed by atoms with van der Waals surface area (Å²) in [5.74, 6) is 0.403. The van der Waals surface area contributed by atoms with E-state index in [1.165, 1.54) is 6.07 Å². The quantitative estimate of drug-likeness (QED) is 0.721. The lowest BCUT2D eigenvalue weighted by atomic mass is 9.95. The lowest BCUT2D eigenvalue weighted by Crippen LogP contribution is -2.44. The largest absolute Gasteiger partial charge is 0.434 e. The SMILES string of the molecule is CC[C@H](NC(=O)[C@H]1CCCN(c2ccc(Cl)nn2)C1)c1ccccc1OC(F)F. The molecule has 156 valence electrons. The molecule has 0 radical (unpaired) electrons. The van der Waals surface area contributed by atoms with Gasteiger partial charge in [0.05, 0.1) is 12.0 Å². The van der Waals surface area contributed by atoms with Crippen molar-refractivity contribution >= 4 is 23.3 Å². The van der Waals surface area contributed by atoms with Crippen molar-refractivity contribution in [2.45, 2.75) is 38.8 Å². The molecule has 1 aliphatic heterocycles. The number of rotatable bonds is 7. The lowest BCUT2D eigenvalue weighted by molar-refractivity contribution is -0.126. The Labute approximate surface area is 173 Å². The predicted molar refractivity (Wildman–Crippen MR) is 106 cm³/mol. The maximum atomic E-state index is 12.9. The van der Waals surface area contributed by atoms with Gasteiger partial charge in [-0.3, -0.25) is 4.79 Å². The van der Waals surface area contributed by atoms with E-state index in [4.69, 9.17) is 11.6 Å². The van der Waals surface area contributed by atoms with Crippen LogP contribution in [0.3, 0.4) is 0 Å². The van der Waals surface area contributed by atoms with E-state index >= 15 is 0 Å². The van der Waals surface area contributed by atoms with Crippen molar-refractivity contribution in [3.05, 3.63) is 47.1 Å². The summed E-state index contributed by atoms with van der Waals surface area (Å²) in [6, 6.07) is 9.58. The van der Waals surface area contributed by atoms with Crippen LogP contribution in [-0.2, 0) is 4.79 Å². The van der Waals surface area contributed by atoms with Gasteiger partial charge in [-0.2, -0.15) is 8.78 Å². The summed E-state index contributed by atoms with van der Waals surface area (Å²) in [7, 11) is 0. The predicted octanol–water partition coefficient (Wildman–Crippen LogP) is 4.22. The normalized spacial score (nSPS) is 17.8. The number of nitrogens with zero attached hydrogens (tertiary/aromatic N) is 3. The first kappa shape index (κ1) is 21.2. The second-order valence-corrected chi connectivity index (χ2v) is 7.27. The van der Waals surface area contributed by atoms with Crippen molar-refractivity contribution in [2.24, 2.45) is 5.92 Å². The number of nitrogens with one attached hydrogen (secondary N) is 1. The van der Waals surface area contributed by atoms with Gasteiger partial charge >= 0.3 is 6.61 Å². The van der Waals surface area contributed by atoms with Crippen LogP contribution in [0.5, 0.6) is 5.75 Å². The van der Waals surface area contributed by atoms with Crippen LogP contribution in [0.15, 0.2) is 36.4 Å². The zero-order chi connectivity index (χ0) is 20.8. The highest BCUT2D eigenvalue weighted by atomic mass is 35.5. The molecule has 0 bridgehead atoms. The number of anilines is 1. The summed E-state index contributed by atoms with van der Waals surface area (Å²) in [5, 5.41) is 11.3. The third-order valence-corrected chi connectivity index (χ3v) is 5.17. The minimum Gasteiger partial charge on any atom is -0.434 e. The standard InChI is InChI=1S/C20H23ClF2N4O2/c1-2-15(14-7-3-4-8-16(14)29-20(22)23)24-19(28)13-6-5-11-27(12-13)18-10-9-17(21)25-26-18/h3-4,7-10,13,15,20H,2,5-6,11-12H2,1H3,(H,24,28)/t13-,15-/m0/s1. The number of amides is 1. The molecule has 9 heteroatoms. The van der Waals surface area contributed by atoms with Crippen molar-refractivity contribution in [1.29, 1.82) is 0 Å². The molecular formula is C20H23ClF2N4O2. The number of hydrogen-bond donors (Lipinski definition) is 1. The number of alkyl halides is 2. The molecule has 2 aromatic rings. The first-order valence-electron chi connectivity index (χ1n) is 9.56. The van der Waals surface area contributed by atoms with Crippen LogP contribution in [0.25, 0.3) is 0 Å². The van der Waals surface area contributed by atoms with E-state index in [2.05, 4.69) is 20.3 Å². The maximum Gasteiger partial charge on any atom is 0.387 e. The molecule has 0 aliphatic carbocycles. The van der Waals surface area contributed by atoms with Gasteiger partial charge in [-0.1, -0.05) is 36.7 Å². The van der Waals surface area contributed by atoms with Crippen molar-refractivity contribution in [1.82, 2.24) is 15.5 Å². The van der Waals surface area contributed by atoms with E-state index in [9.17, 15) is 13.6 Å². The Hall–Kier alpha value is -2.48. The number of piperidine rings is 1. The fraction of sp³-hybridized carbons (Fsp3) is 0.450. The number of halogens is 3. The summed E-state index contributed by atoms with van der Waals surface area (Å²) in [6.07, 6.45) is 2.13. The van der Waals surface area contributed by atoms with Crippen molar-refractivity contribution < 1.29 is 18.3 Å². The van der Waals surface area contributed by atoms with E-state index in [1.54, 1.807) is 30.3 Å². The number of carbonyl (C=O) groups excluding carboxylic acids is 1. The molecule has 2 atom stereocenters. The smallest absolute Gasteiger partial charge is 0.387 e. The van der Waals surface area contributed by atoms with Gasteiger partial charge in [0, 0.05) is 18.7 Å². The van der Waals surface area contributed by atoms with Crippen LogP contribution in [0, 0.1) is 5.92 Å². The number of ether oxygens (including phenoxy) is 1. The molecule has 0 spiro atoms. The van der Waals surface area contributed by atoms with Gasteiger partial charge < -0.3 is 15.0 Å². The molecule has 1 N–H and O–H groups in total. The summed E-state index contributed by atoms with van der Waals surface area (Å²) in [6.45, 7) is 0.258. The minimum atomic E-state index is -2.92. The van der Waals surface area contributed by atoms with Gasteiger partial charge in [0.25, 0.3) is 0 Å². The van der Waals surface area contributed by atoms with E-state index in [0.29, 0.717) is 29.5 Å². The van der Waals surface area contributed by atoms with Crippen molar-refractivity contribution in [3.63, 3.8) is 0 Å². The first-order valence-corrected chi connectivity index (χ1v) is 9.94. The zero-order valence-electron chi connectivity index (χ0n) is 16.0. The van der Waals surface area contributed by atoms with Gasteiger partial charge in [-0.25, -0.2) is 0 Å². The highest BCUT2D eigenvalue weighted by Crippen LogP contribution is 2.29. The van der Waals surface area contributed by atoms with Gasteiger partial charge in [-0.15, -0.1) is 10.2 Å².